The topological polar surface area (TPSA) is 254 Å². The van der Waals surface area contributed by atoms with Crippen LogP contribution in [0.1, 0.15) is 0 Å². The Morgan fingerprint density at radius 1 is 0.815 bits per heavy atom. The molecular weight excluding hydrogens is 418 g/mol. The maximum Gasteiger partial charge on any atom is 0.339 e. The predicted molar refractivity (Wildman–Crippen MR) is 84.8 cm³/mol. The fraction of sp³-hybridized carbons (Fsp3) is 0.700. The van der Waals surface area contributed by atoms with Gasteiger partial charge in [0.25, 0.3) is 0 Å². The van der Waals surface area contributed by atoms with E-state index in [1.165, 1.54) is 0 Å². The maximum atomic E-state index is 11.3. The largest absolute Gasteiger partial charge is 0.480 e. The summed E-state index contributed by atoms with van der Waals surface area (Å²) in [6, 6.07) is -2.23. The van der Waals surface area contributed by atoms with Gasteiger partial charge in [0.05, 0.1) is 6.54 Å². The number of carbonyl (C=O) groups is 3. The van der Waals surface area contributed by atoms with Gasteiger partial charge in [0.2, 0.25) is 0 Å². The van der Waals surface area contributed by atoms with Gasteiger partial charge < -0.3 is 40.0 Å². The molecule has 0 aliphatic heterocycles. The number of carboxylic acid groups (broad SMARTS) is 3. The summed E-state index contributed by atoms with van der Waals surface area (Å²) in [6.07, 6.45) is -4.78. The third-order valence-corrected chi connectivity index (χ3v) is 4.55. The summed E-state index contributed by atoms with van der Waals surface area (Å²) in [5.41, 5.74) is 0. The Balaban J connectivity index is 5.52. The lowest BCUT2D eigenvalue weighted by Crippen LogP contribution is -2.55. The standard InChI is InChI=1S/C10H20N2O13P2/c13-6(14)3-12(7(9(16)17)8(15)10(18)19)2-1-11(4-26(20,21)22)5-27(23,24)25/h7-8,15H,1-5H2,(H,13,14)(H,16,17)(H,18,19)(H2,20,21,22)(H2,23,24,25). The van der Waals surface area contributed by atoms with Crippen molar-refractivity contribution in [1.82, 2.24) is 9.80 Å². The molecule has 0 aliphatic rings. The molecule has 2 unspecified atom stereocenters. The van der Waals surface area contributed by atoms with Crippen molar-refractivity contribution in [3.63, 3.8) is 0 Å². The molecule has 0 aliphatic carbocycles. The van der Waals surface area contributed by atoms with Crippen LogP contribution in [0.4, 0.5) is 0 Å². The molecule has 0 rings (SSSR count). The molecule has 0 bridgehead atoms. The van der Waals surface area contributed by atoms with E-state index >= 15 is 0 Å². The number of nitrogens with zero attached hydrogens (tertiary/aromatic N) is 2. The Hall–Kier alpha value is -1.41. The summed E-state index contributed by atoms with van der Waals surface area (Å²) < 4.78 is 22.1. The van der Waals surface area contributed by atoms with Crippen molar-refractivity contribution in [3.05, 3.63) is 0 Å². The summed E-state index contributed by atoms with van der Waals surface area (Å²) in [4.78, 5) is 69.9. The molecule has 17 heteroatoms. The minimum Gasteiger partial charge on any atom is -0.480 e. The molecule has 0 aromatic carbocycles. The first-order valence-electron chi connectivity index (χ1n) is 6.94. The quantitative estimate of drug-likeness (QED) is 0.132. The minimum absolute atomic E-state index is 0.482. The van der Waals surface area contributed by atoms with Gasteiger partial charge in [-0.2, -0.15) is 0 Å². The van der Waals surface area contributed by atoms with Crippen LogP contribution in [0.5, 0.6) is 0 Å². The van der Waals surface area contributed by atoms with Crippen LogP contribution in [-0.2, 0) is 23.5 Å². The van der Waals surface area contributed by atoms with Crippen molar-refractivity contribution in [3.8, 4) is 0 Å². The maximum absolute atomic E-state index is 11.3. The summed E-state index contributed by atoms with van der Waals surface area (Å²) in [5.74, 6) is -5.45. The van der Waals surface area contributed by atoms with Gasteiger partial charge in [0.1, 0.15) is 18.6 Å². The van der Waals surface area contributed by atoms with Gasteiger partial charge in [0.15, 0.2) is 6.10 Å². The Bertz CT molecular complexity index is 619. The second-order valence-electron chi connectivity index (χ2n) is 5.44. The van der Waals surface area contributed by atoms with E-state index in [0.717, 1.165) is 0 Å². The predicted octanol–water partition coefficient (Wildman–Crippen LogP) is -3.16. The van der Waals surface area contributed by atoms with Crippen molar-refractivity contribution in [2.45, 2.75) is 12.1 Å². The van der Waals surface area contributed by atoms with E-state index in [2.05, 4.69) is 0 Å². The molecule has 15 nitrogen and oxygen atoms in total. The highest BCUT2D eigenvalue weighted by Gasteiger charge is 2.38. The average molecular weight is 438 g/mol. The molecule has 0 spiro atoms. The summed E-state index contributed by atoms with van der Waals surface area (Å²) in [5, 5.41) is 36.2. The third-order valence-electron chi connectivity index (χ3n) is 3.01. The van der Waals surface area contributed by atoms with Gasteiger partial charge in [0, 0.05) is 13.1 Å². The molecule has 0 heterocycles. The zero-order valence-electron chi connectivity index (χ0n) is 13.6. The molecule has 0 amide bonds. The average Bonchev–Trinajstić information content (AvgIpc) is 2.39. The molecule has 0 fully saturated rings. The Labute approximate surface area is 151 Å². The van der Waals surface area contributed by atoms with E-state index in [4.69, 9.17) is 34.9 Å². The van der Waals surface area contributed by atoms with E-state index in [0.29, 0.717) is 9.80 Å². The van der Waals surface area contributed by atoms with Gasteiger partial charge in [-0.25, -0.2) is 4.79 Å². The van der Waals surface area contributed by atoms with Crippen LogP contribution in [0.3, 0.4) is 0 Å². The number of hydrogen-bond donors (Lipinski definition) is 8. The van der Waals surface area contributed by atoms with E-state index in [9.17, 15) is 28.6 Å². The van der Waals surface area contributed by atoms with Gasteiger partial charge in [-0.3, -0.25) is 28.5 Å². The molecule has 0 radical (unpaired) electrons. The summed E-state index contributed by atoms with van der Waals surface area (Å²) in [7, 11) is -9.57. The molecule has 8 N–H and O–H groups in total. The van der Waals surface area contributed by atoms with Crippen molar-refractivity contribution in [2.24, 2.45) is 0 Å². The van der Waals surface area contributed by atoms with Crippen LogP contribution < -0.4 is 0 Å². The number of carboxylic acids is 3. The number of hydrogen-bond acceptors (Lipinski definition) is 8. The monoisotopic (exact) mass is 438 g/mol. The lowest BCUT2D eigenvalue weighted by Gasteiger charge is -2.31. The summed E-state index contributed by atoms with van der Waals surface area (Å²) >= 11 is 0. The van der Waals surface area contributed by atoms with E-state index in [1.54, 1.807) is 0 Å². The van der Waals surface area contributed by atoms with Crippen LogP contribution in [0.2, 0.25) is 0 Å². The normalized spacial score (nSPS) is 14.9. The number of rotatable bonds is 13. The lowest BCUT2D eigenvalue weighted by molar-refractivity contribution is -0.163. The number of aliphatic hydroxyl groups is 1. The second kappa shape index (κ2) is 10.2. The van der Waals surface area contributed by atoms with Crippen molar-refractivity contribution >= 4 is 33.1 Å². The van der Waals surface area contributed by atoms with Gasteiger partial charge in [-0.1, -0.05) is 0 Å². The van der Waals surface area contributed by atoms with Gasteiger partial charge in [-0.15, -0.1) is 0 Å². The lowest BCUT2D eigenvalue weighted by atomic mass is 10.1. The molecule has 27 heavy (non-hydrogen) atoms. The Kier molecular flexibility index (Phi) is 9.69. The highest BCUT2D eigenvalue weighted by atomic mass is 31.2. The first kappa shape index (κ1) is 25.6. The first-order chi connectivity index (χ1) is 12.0. The molecule has 2 atom stereocenters. The van der Waals surface area contributed by atoms with Crippen LogP contribution in [-0.4, -0.2) is 112 Å². The van der Waals surface area contributed by atoms with Crippen molar-refractivity contribution < 1.29 is 63.5 Å². The second-order valence-corrected chi connectivity index (χ2v) is 8.66. The molecule has 0 saturated heterocycles. The SMILES string of the molecule is O=C(O)CN(CCN(CP(=O)(O)O)CP(=O)(O)O)C(C(=O)O)C(O)C(=O)O. The smallest absolute Gasteiger partial charge is 0.339 e. The van der Waals surface area contributed by atoms with E-state index in [-0.39, 0.29) is 0 Å². The van der Waals surface area contributed by atoms with Gasteiger partial charge >= 0.3 is 33.1 Å². The van der Waals surface area contributed by atoms with Gasteiger partial charge in [-0.05, 0) is 0 Å². The summed E-state index contributed by atoms with van der Waals surface area (Å²) in [6.45, 7) is -2.39. The molecule has 0 aromatic rings. The molecule has 0 saturated carbocycles. The van der Waals surface area contributed by atoms with Crippen LogP contribution >= 0.6 is 15.2 Å². The van der Waals surface area contributed by atoms with E-state index < -0.39 is 77.5 Å². The number of aliphatic hydroxyl groups excluding tert-OH is 1. The van der Waals surface area contributed by atoms with Crippen LogP contribution in [0.15, 0.2) is 0 Å². The van der Waals surface area contributed by atoms with Crippen LogP contribution in [0.25, 0.3) is 0 Å². The highest BCUT2D eigenvalue weighted by Crippen LogP contribution is 2.40. The molecule has 158 valence electrons. The first-order valence-corrected chi connectivity index (χ1v) is 10.5. The fourth-order valence-electron chi connectivity index (χ4n) is 2.09. The van der Waals surface area contributed by atoms with Crippen molar-refractivity contribution in [1.29, 1.82) is 0 Å². The molecular formula is C10H20N2O13P2. The Morgan fingerprint density at radius 3 is 1.56 bits per heavy atom. The number of aliphatic carboxylic acids is 3. The molecule has 0 aromatic heterocycles. The van der Waals surface area contributed by atoms with Crippen LogP contribution in [0, 0.1) is 0 Å². The van der Waals surface area contributed by atoms with E-state index in [1.807, 2.05) is 0 Å². The zero-order chi connectivity index (χ0) is 21.6. The zero-order valence-corrected chi connectivity index (χ0v) is 15.4. The van der Waals surface area contributed by atoms with Crippen molar-refractivity contribution in [2.75, 3.05) is 32.2 Å². The minimum atomic E-state index is -4.78. The Morgan fingerprint density at radius 2 is 1.26 bits per heavy atom. The third kappa shape index (κ3) is 11.1. The fourth-order valence-corrected chi connectivity index (χ4v) is 3.78. The highest BCUT2D eigenvalue weighted by molar-refractivity contribution is 7.52.